The van der Waals surface area contributed by atoms with Crippen molar-refractivity contribution < 1.29 is 9.84 Å². The third-order valence-corrected chi connectivity index (χ3v) is 3.78. The average molecular weight is 258 g/mol. The molecule has 1 aromatic heterocycles. The summed E-state index contributed by atoms with van der Waals surface area (Å²) in [5, 5.41) is 9.26. The molecule has 0 radical (unpaired) electrons. The first-order valence-electron chi connectivity index (χ1n) is 6.61. The molecule has 1 N–H and O–H groups in total. The fraction of sp³-hybridized carbons (Fsp3) is 0.400. The van der Waals surface area contributed by atoms with E-state index in [1.165, 1.54) is 5.69 Å². The van der Waals surface area contributed by atoms with Gasteiger partial charge in [-0.15, -0.1) is 0 Å². The zero-order chi connectivity index (χ0) is 13.2. The molecule has 0 amide bonds. The molecule has 0 bridgehead atoms. The van der Waals surface area contributed by atoms with Gasteiger partial charge in [0.15, 0.2) is 0 Å². The molecule has 1 atom stereocenters. The Balaban J connectivity index is 1.96. The molecule has 1 aromatic carbocycles. The topological polar surface area (TPSA) is 47.3 Å². The van der Waals surface area contributed by atoms with Crippen LogP contribution in [0.4, 0.5) is 0 Å². The lowest BCUT2D eigenvalue weighted by molar-refractivity contribution is 0.201. The lowest BCUT2D eigenvalue weighted by Gasteiger charge is -2.23. The van der Waals surface area contributed by atoms with E-state index in [-0.39, 0.29) is 6.61 Å². The van der Waals surface area contributed by atoms with Gasteiger partial charge in [0, 0.05) is 30.6 Å². The van der Waals surface area contributed by atoms with Crippen molar-refractivity contribution in [2.45, 2.75) is 19.4 Å². The zero-order valence-electron chi connectivity index (χ0n) is 11.0. The first-order chi connectivity index (χ1) is 9.31. The van der Waals surface area contributed by atoms with Crippen molar-refractivity contribution in [2.24, 2.45) is 5.92 Å². The minimum Gasteiger partial charge on any atom is -0.497 e. The summed E-state index contributed by atoms with van der Waals surface area (Å²) in [6, 6.07) is 7.98. The van der Waals surface area contributed by atoms with Gasteiger partial charge in [-0.1, -0.05) is 12.1 Å². The van der Waals surface area contributed by atoms with E-state index in [1.54, 1.807) is 7.11 Å². The Kier molecular flexibility index (Phi) is 3.25. The lowest BCUT2D eigenvalue weighted by atomic mass is 9.97. The van der Waals surface area contributed by atoms with Crippen molar-refractivity contribution in [3.05, 3.63) is 36.2 Å². The summed E-state index contributed by atoms with van der Waals surface area (Å²) in [5.74, 6) is 2.21. The molecule has 2 heterocycles. The van der Waals surface area contributed by atoms with E-state index in [2.05, 4.69) is 15.6 Å². The number of aliphatic hydroxyl groups excluding tert-OH is 1. The van der Waals surface area contributed by atoms with E-state index in [0.29, 0.717) is 5.92 Å². The molecular formula is C15H18N2O2. The molecule has 2 aromatic rings. The minimum absolute atomic E-state index is 0.264. The van der Waals surface area contributed by atoms with Gasteiger partial charge >= 0.3 is 0 Å². The summed E-state index contributed by atoms with van der Waals surface area (Å²) >= 11 is 0. The van der Waals surface area contributed by atoms with Gasteiger partial charge in [-0.2, -0.15) is 0 Å². The quantitative estimate of drug-likeness (QED) is 0.917. The Morgan fingerprint density at radius 1 is 1.47 bits per heavy atom. The van der Waals surface area contributed by atoms with E-state index in [4.69, 9.17) is 4.74 Å². The van der Waals surface area contributed by atoms with E-state index < -0.39 is 0 Å². The molecule has 0 saturated carbocycles. The van der Waals surface area contributed by atoms with Crippen LogP contribution in [0.5, 0.6) is 5.75 Å². The molecule has 19 heavy (non-hydrogen) atoms. The molecule has 0 fully saturated rings. The summed E-state index contributed by atoms with van der Waals surface area (Å²) in [7, 11) is 1.67. The van der Waals surface area contributed by atoms with Crippen molar-refractivity contribution in [3.63, 3.8) is 0 Å². The maximum absolute atomic E-state index is 9.26. The summed E-state index contributed by atoms with van der Waals surface area (Å²) in [5.41, 5.74) is 2.29. The van der Waals surface area contributed by atoms with Crippen molar-refractivity contribution in [2.75, 3.05) is 13.7 Å². The summed E-state index contributed by atoms with van der Waals surface area (Å²) in [4.78, 5) is 4.54. The van der Waals surface area contributed by atoms with Crippen LogP contribution in [0.25, 0.3) is 11.4 Å². The highest BCUT2D eigenvalue weighted by Gasteiger charge is 2.21. The van der Waals surface area contributed by atoms with Crippen molar-refractivity contribution >= 4 is 0 Å². The lowest BCUT2D eigenvalue weighted by Crippen LogP contribution is -2.21. The number of aliphatic hydroxyl groups is 1. The number of ether oxygens (including phenoxy) is 1. The number of hydrogen-bond donors (Lipinski definition) is 1. The summed E-state index contributed by atoms with van der Waals surface area (Å²) < 4.78 is 7.51. The highest BCUT2D eigenvalue weighted by atomic mass is 16.5. The van der Waals surface area contributed by atoms with Gasteiger partial charge in [-0.05, 0) is 30.9 Å². The van der Waals surface area contributed by atoms with Crippen LogP contribution >= 0.6 is 0 Å². The van der Waals surface area contributed by atoms with E-state index in [0.717, 1.165) is 36.5 Å². The third kappa shape index (κ3) is 2.24. The number of benzene rings is 1. The number of aromatic nitrogens is 2. The normalized spacial score (nSPS) is 18.1. The Morgan fingerprint density at radius 3 is 3.16 bits per heavy atom. The summed E-state index contributed by atoms with van der Waals surface area (Å²) in [6.07, 6.45) is 3.85. The molecule has 0 aliphatic carbocycles. The van der Waals surface area contributed by atoms with E-state index in [1.807, 2.05) is 24.4 Å². The largest absolute Gasteiger partial charge is 0.497 e. The van der Waals surface area contributed by atoms with Gasteiger partial charge in [0.2, 0.25) is 0 Å². The fourth-order valence-electron chi connectivity index (χ4n) is 2.68. The molecule has 4 heteroatoms. The van der Waals surface area contributed by atoms with Crippen LogP contribution in [0, 0.1) is 5.92 Å². The zero-order valence-corrected chi connectivity index (χ0v) is 11.0. The van der Waals surface area contributed by atoms with Crippen LogP contribution in [0.2, 0.25) is 0 Å². The van der Waals surface area contributed by atoms with Crippen LogP contribution in [0.3, 0.4) is 0 Å². The molecule has 0 spiro atoms. The highest BCUT2D eigenvalue weighted by molar-refractivity contribution is 5.58. The first kappa shape index (κ1) is 12.2. The third-order valence-electron chi connectivity index (χ3n) is 3.78. The van der Waals surface area contributed by atoms with Crippen molar-refractivity contribution in [1.29, 1.82) is 0 Å². The molecule has 1 aliphatic heterocycles. The number of methoxy groups -OCH3 is 1. The molecule has 0 saturated heterocycles. The molecular weight excluding hydrogens is 240 g/mol. The van der Waals surface area contributed by atoms with Crippen LogP contribution in [0.15, 0.2) is 30.5 Å². The maximum atomic E-state index is 9.26. The Labute approximate surface area is 112 Å². The van der Waals surface area contributed by atoms with E-state index >= 15 is 0 Å². The first-order valence-corrected chi connectivity index (χ1v) is 6.61. The predicted octanol–water partition coefficient (Wildman–Crippen LogP) is 2.11. The van der Waals surface area contributed by atoms with Gasteiger partial charge < -0.3 is 14.4 Å². The van der Waals surface area contributed by atoms with Crippen LogP contribution in [0.1, 0.15) is 12.1 Å². The average Bonchev–Trinajstić information content (AvgIpc) is 2.90. The number of fused-ring (bicyclic) bond motifs is 1. The highest BCUT2D eigenvalue weighted by Crippen LogP contribution is 2.28. The van der Waals surface area contributed by atoms with Crippen LogP contribution < -0.4 is 4.74 Å². The Hall–Kier alpha value is -1.81. The molecule has 4 nitrogen and oxygen atoms in total. The molecule has 100 valence electrons. The standard InChI is InChI=1S/C15H18N2O2/c1-19-14-4-2-3-12(8-14)15-16-9-13-7-11(10-18)5-6-17(13)15/h2-4,8-9,11,18H,5-7,10H2,1H3. The fourth-order valence-corrected chi connectivity index (χ4v) is 2.68. The van der Waals surface area contributed by atoms with Gasteiger partial charge in [-0.25, -0.2) is 4.98 Å². The predicted molar refractivity (Wildman–Crippen MR) is 73.1 cm³/mol. The number of imidazole rings is 1. The van der Waals surface area contributed by atoms with E-state index in [9.17, 15) is 5.11 Å². The number of nitrogens with zero attached hydrogens (tertiary/aromatic N) is 2. The maximum Gasteiger partial charge on any atom is 0.140 e. The molecule has 3 rings (SSSR count). The van der Waals surface area contributed by atoms with Crippen LogP contribution in [-0.4, -0.2) is 28.4 Å². The number of rotatable bonds is 3. The molecule has 1 unspecified atom stereocenters. The minimum atomic E-state index is 0.264. The molecule has 1 aliphatic rings. The smallest absolute Gasteiger partial charge is 0.140 e. The monoisotopic (exact) mass is 258 g/mol. The van der Waals surface area contributed by atoms with Crippen molar-refractivity contribution in [3.8, 4) is 17.1 Å². The number of hydrogen-bond acceptors (Lipinski definition) is 3. The second kappa shape index (κ2) is 5.05. The van der Waals surface area contributed by atoms with Crippen molar-refractivity contribution in [1.82, 2.24) is 9.55 Å². The SMILES string of the molecule is COc1cccc(-c2ncc3n2CCC(CO)C3)c1. The van der Waals surface area contributed by atoms with Crippen LogP contribution in [-0.2, 0) is 13.0 Å². The second-order valence-electron chi connectivity index (χ2n) is 5.00. The van der Waals surface area contributed by atoms with Gasteiger partial charge in [0.05, 0.1) is 7.11 Å². The Morgan fingerprint density at radius 2 is 2.37 bits per heavy atom. The van der Waals surface area contributed by atoms with Gasteiger partial charge in [-0.3, -0.25) is 0 Å². The van der Waals surface area contributed by atoms with Gasteiger partial charge in [0.1, 0.15) is 11.6 Å². The second-order valence-corrected chi connectivity index (χ2v) is 5.00. The Bertz CT molecular complexity index is 577. The summed E-state index contributed by atoms with van der Waals surface area (Å²) in [6.45, 7) is 1.19. The van der Waals surface area contributed by atoms with Gasteiger partial charge in [0.25, 0.3) is 0 Å².